The Morgan fingerprint density at radius 3 is 2.88 bits per heavy atom. The second kappa shape index (κ2) is 9.85. The average molecular weight is 435 g/mol. The minimum Gasteiger partial charge on any atom is -0.487 e. The van der Waals surface area contributed by atoms with Gasteiger partial charge in [0.25, 0.3) is 5.91 Å². The molecule has 1 aliphatic rings. The lowest BCUT2D eigenvalue weighted by atomic mass is 9.85. The third kappa shape index (κ3) is 5.46. The van der Waals surface area contributed by atoms with Crippen LogP contribution in [0.3, 0.4) is 0 Å². The number of benzene rings is 1. The van der Waals surface area contributed by atoms with E-state index in [0.29, 0.717) is 24.3 Å². The zero-order valence-corrected chi connectivity index (χ0v) is 18.6. The Labute approximate surface area is 188 Å². The molecule has 3 aromatic rings. The Morgan fingerprint density at radius 1 is 1.19 bits per heavy atom. The second-order valence-corrected chi connectivity index (χ2v) is 8.71. The standard InChI is InChI=1S/C25H30N4O3/c1-17(2)26-24(30)18-7-5-9-20(13-18)28-25(31)19-8-6-10-22(14-19)32-16-21-15-29-12-4-3-11-23(29)27-21/h3-4,6,8,10-12,14-15,17-18,20H,5,7,9,13,16H2,1-2H3,(H,26,30)(H,28,31). The van der Waals surface area contributed by atoms with E-state index in [-0.39, 0.29) is 29.8 Å². The summed E-state index contributed by atoms with van der Waals surface area (Å²) in [7, 11) is 0. The van der Waals surface area contributed by atoms with Crippen LogP contribution in [0.5, 0.6) is 5.75 Å². The van der Waals surface area contributed by atoms with Gasteiger partial charge in [-0.05, 0) is 63.4 Å². The molecule has 2 atom stereocenters. The number of imidazole rings is 1. The van der Waals surface area contributed by atoms with Gasteiger partial charge < -0.3 is 19.8 Å². The van der Waals surface area contributed by atoms with E-state index in [0.717, 1.165) is 30.6 Å². The van der Waals surface area contributed by atoms with Crippen LogP contribution in [0.2, 0.25) is 0 Å². The van der Waals surface area contributed by atoms with Gasteiger partial charge in [0, 0.05) is 36.0 Å². The molecule has 2 heterocycles. The highest BCUT2D eigenvalue weighted by Gasteiger charge is 2.28. The minimum atomic E-state index is -0.141. The number of pyridine rings is 1. The fraction of sp³-hybridized carbons (Fsp3) is 0.400. The third-order valence-electron chi connectivity index (χ3n) is 5.71. The van der Waals surface area contributed by atoms with Crippen molar-refractivity contribution in [2.24, 2.45) is 5.92 Å². The molecule has 4 rings (SSSR count). The normalized spacial score (nSPS) is 18.5. The molecule has 2 amide bonds. The van der Waals surface area contributed by atoms with Crippen molar-refractivity contribution in [3.8, 4) is 5.75 Å². The molecule has 0 radical (unpaired) electrons. The number of nitrogens with zero attached hydrogens (tertiary/aromatic N) is 2. The molecule has 0 aliphatic heterocycles. The lowest BCUT2D eigenvalue weighted by molar-refractivity contribution is -0.126. The van der Waals surface area contributed by atoms with Gasteiger partial charge in [-0.1, -0.05) is 18.6 Å². The molecule has 2 unspecified atom stereocenters. The minimum absolute atomic E-state index is 0.00158. The zero-order chi connectivity index (χ0) is 22.5. The van der Waals surface area contributed by atoms with Crippen molar-refractivity contribution in [3.05, 3.63) is 66.1 Å². The van der Waals surface area contributed by atoms with Crippen LogP contribution >= 0.6 is 0 Å². The predicted octanol–water partition coefficient (Wildman–Crippen LogP) is 3.73. The Kier molecular flexibility index (Phi) is 6.73. The number of carbonyl (C=O) groups excluding carboxylic acids is 2. The smallest absolute Gasteiger partial charge is 0.251 e. The van der Waals surface area contributed by atoms with E-state index < -0.39 is 0 Å². The molecular weight excluding hydrogens is 404 g/mol. The number of fused-ring (bicyclic) bond motifs is 1. The molecule has 2 aromatic heterocycles. The predicted molar refractivity (Wildman–Crippen MR) is 122 cm³/mol. The molecule has 0 spiro atoms. The maximum atomic E-state index is 12.8. The molecule has 0 saturated heterocycles. The number of rotatable bonds is 7. The maximum absolute atomic E-state index is 12.8. The van der Waals surface area contributed by atoms with Crippen molar-refractivity contribution >= 4 is 17.5 Å². The number of ether oxygens (including phenoxy) is 1. The molecule has 1 aromatic carbocycles. The number of carbonyl (C=O) groups is 2. The van der Waals surface area contributed by atoms with Gasteiger partial charge in [-0.3, -0.25) is 9.59 Å². The van der Waals surface area contributed by atoms with E-state index in [1.807, 2.05) is 61.0 Å². The summed E-state index contributed by atoms with van der Waals surface area (Å²) >= 11 is 0. The summed E-state index contributed by atoms with van der Waals surface area (Å²) in [5.41, 5.74) is 2.23. The quantitative estimate of drug-likeness (QED) is 0.594. The first-order chi connectivity index (χ1) is 15.5. The highest BCUT2D eigenvalue weighted by atomic mass is 16.5. The van der Waals surface area contributed by atoms with Gasteiger partial charge in [-0.25, -0.2) is 4.98 Å². The SMILES string of the molecule is CC(C)NC(=O)C1CCCC(NC(=O)c2cccc(OCc3cn4ccccc4n3)c2)C1. The van der Waals surface area contributed by atoms with Crippen LogP contribution in [-0.4, -0.2) is 33.3 Å². The fourth-order valence-corrected chi connectivity index (χ4v) is 4.17. The molecule has 7 nitrogen and oxygen atoms in total. The van der Waals surface area contributed by atoms with Gasteiger partial charge in [-0.2, -0.15) is 0 Å². The van der Waals surface area contributed by atoms with Crippen LogP contribution in [0, 0.1) is 5.92 Å². The van der Waals surface area contributed by atoms with Gasteiger partial charge in [0.05, 0.1) is 5.69 Å². The van der Waals surface area contributed by atoms with Gasteiger partial charge in [0.1, 0.15) is 18.0 Å². The largest absolute Gasteiger partial charge is 0.487 e. The summed E-state index contributed by atoms with van der Waals surface area (Å²) in [5.74, 6) is 0.517. The van der Waals surface area contributed by atoms with E-state index in [9.17, 15) is 9.59 Å². The van der Waals surface area contributed by atoms with Crippen LogP contribution in [0.4, 0.5) is 0 Å². The topological polar surface area (TPSA) is 84.7 Å². The van der Waals surface area contributed by atoms with Gasteiger partial charge in [-0.15, -0.1) is 0 Å². The van der Waals surface area contributed by atoms with Gasteiger partial charge in [0.2, 0.25) is 5.91 Å². The number of aromatic nitrogens is 2. The lowest BCUT2D eigenvalue weighted by Crippen LogP contribution is -2.43. The summed E-state index contributed by atoms with van der Waals surface area (Å²) in [6.45, 7) is 4.25. The first-order valence-corrected chi connectivity index (χ1v) is 11.2. The number of amides is 2. The molecule has 168 valence electrons. The highest BCUT2D eigenvalue weighted by Crippen LogP contribution is 2.25. The second-order valence-electron chi connectivity index (χ2n) is 8.71. The Balaban J connectivity index is 1.34. The summed E-state index contributed by atoms with van der Waals surface area (Å²) < 4.78 is 7.82. The number of hydrogen-bond donors (Lipinski definition) is 2. The van der Waals surface area contributed by atoms with Crippen molar-refractivity contribution in [2.75, 3.05) is 0 Å². The summed E-state index contributed by atoms with van der Waals surface area (Å²) in [5, 5.41) is 6.09. The van der Waals surface area contributed by atoms with Crippen molar-refractivity contribution in [1.29, 1.82) is 0 Å². The molecule has 32 heavy (non-hydrogen) atoms. The van der Waals surface area contributed by atoms with E-state index in [4.69, 9.17) is 4.74 Å². The molecule has 2 N–H and O–H groups in total. The summed E-state index contributed by atoms with van der Waals surface area (Å²) in [6.07, 6.45) is 7.25. The molecule has 0 bridgehead atoms. The first kappa shape index (κ1) is 21.9. The molecule has 7 heteroatoms. The Bertz CT molecular complexity index is 1060. The van der Waals surface area contributed by atoms with Crippen LogP contribution < -0.4 is 15.4 Å². The summed E-state index contributed by atoms with van der Waals surface area (Å²) in [4.78, 5) is 29.7. The van der Waals surface area contributed by atoms with E-state index in [1.54, 1.807) is 12.1 Å². The van der Waals surface area contributed by atoms with Gasteiger partial charge in [0.15, 0.2) is 0 Å². The van der Waals surface area contributed by atoms with Crippen LogP contribution in [0.25, 0.3) is 5.65 Å². The molecule has 1 fully saturated rings. The van der Waals surface area contributed by atoms with Crippen LogP contribution in [0.1, 0.15) is 55.6 Å². The van der Waals surface area contributed by atoms with E-state index >= 15 is 0 Å². The third-order valence-corrected chi connectivity index (χ3v) is 5.71. The average Bonchev–Trinajstić information content (AvgIpc) is 3.21. The lowest BCUT2D eigenvalue weighted by Gasteiger charge is -2.29. The number of hydrogen-bond acceptors (Lipinski definition) is 4. The molecule has 1 aliphatic carbocycles. The molecule has 1 saturated carbocycles. The number of nitrogens with one attached hydrogen (secondary N) is 2. The Morgan fingerprint density at radius 2 is 2.06 bits per heavy atom. The highest BCUT2D eigenvalue weighted by molar-refractivity contribution is 5.94. The van der Waals surface area contributed by atoms with Crippen LogP contribution in [-0.2, 0) is 11.4 Å². The van der Waals surface area contributed by atoms with Crippen LogP contribution in [0.15, 0.2) is 54.9 Å². The van der Waals surface area contributed by atoms with Crippen molar-refractivity contribution in [1.82, 2.24) is 20.0 Å². The van der Waals surface area contributed by atoms with Crippen molar-refractivity contribution in [3.63, 3.8) is 0 Å². The monoisotopic (exact) mass is 434 g/mol. The summed E-state index contributed by atoms with van der Waals surface area (Å²) in [6, 6.07) is 13.1. The van der Waals surface area contributed by atoms with E-state index in [2.05, 4.69) is 15.6 Å². The molecular formula is C25H30N4O3. The first-order valence-electron chi connectivity index (χ1n) is 11.2. The Hall–Kier alpha value is -3.35. The zero-order valence-electron chi connectivity index (χ0n) is 18.6. The van der Waals surface area contributed by atoms with Crippen molar-refractivity contribution < 1.29 is 14.3 Å². The van der Waals surface area contributed by atoms with Gasteiger partial charge >= 0.3 is 0 Å². The van der Waals surface area contributed by atoms with E-state index in [1.165, 1.54) is 0 Å². The van der Waals surface area contributed by atoms with Crippen molar-refractivity contribution in [2.45, 2.75) is 58.2 Å². The fourth-order valence-electron chi connectivity index (χ4n) is 4.17. The maximum Gasteiger partial charge on any atom is 0.251 e.